The summed E-state index contributed by atoms with van der Waals surface area (Å²) in [4.78, 5) is 41.8. The molecular formula is C21H33N3O6. The van der Waals surface area contributed by atoms with Crippen LogP contribution in [0.2, 0.25) is 0 Å². The van der Waals surface area contributed by atoms with Crippen LogP contribution < -0.4 is 11.1 Å². The first-order valence-corrected chi connectivity index (χ1v) is 9.79. The molecule has 0 bridgehead atoms. The van der Waals surface area contributed by atoms with Crippen LogP contribution in [0.4, 0.5) is 4.79 Å². The number of alkyl carbamates (subject to hydrolysis) is 1. The van der Waals surface area contributed by atoms with Crippen molar-refractivity contribution in [3.8, 4) is 0 Å². The average Bonchev–Trinajstić information content (AvgIpc) is 2.70. The summed E-state index contributed by atoms with van der Waals surface area (Å²) in [6.45, 7) is 5.57. The van der Waals surface area contributed by atoms with Gasteiger partial charge in [-0.2, -0.15) is 0 Å². The van der Waals surface area contributed by atoms with Gasteiger partial charge in [0, 0.05) is 13.6 Å². The fourth-order valence-corrected chi connectivity index (χ4v) is 2.52. The van der Waals surface area contributed by atoms with Gasteiger partial charge in [-0.1, -0.05) is 30.3 Å². The maximum absolute atomic E-state index is 12.6. The van der Waals surface area contributed by atoms with Crippen molar-refractivity contribution >= 4 is 18.0 Å². The highest BCUT2D eigenvalue weighted by Crippen LogP contribution is 2.20. The van der Waals surface area contributed by atoms with Gasteiger partial charge < -0.3 is 20.5 Å². The summed E-state index contributed by atoms with van der Waals surface area (Å²) in [5.41, 5.74) is 4.38. The lowest BCUT2D eigenvalue weighted by atomic mass is 9.92. The quantitative estimate of drug-likeness (QED) is 0.256. The van der Waals surface area contributed by atoms with E-state index in [9.17, 15) is 14.4 Å². The first-order chi connectivity index (χ1) is 14.0. The molecule has 1 atom stereocenters. The van der Waals surface area contributed by atoms with E-state index in [1.807, 2.05) is 30.3 Å². The number of hydrogen-bond donors (Lipinski definition) is 2. The topological polar surface area (TPSA) is 120 Å². The third-order valence-corrected chi connectivity index (χ3v) is 4.18. The Morgan fingerprint density at radius 1 is 1.10 bits per heavy atom. The minimum atomic E-state index is -1.88. The second-order valence-electron chi connectivity index (χ2n) is 7.90. The number of benzene rings is 1. The Bertz CT molecular complexity index is 704. The molecule has 168 valence electrons. The van der Waals surface area contributed by atoms with Crippen LogP contribution in [-0.4, -0.2) is 54.9 Å². The van der Waals surface area contributed by atoms with Crippen molar-refractivity contribution in [3.05, 3.63) is 35.9 Å². The zero-order valence-electron chi connectivity index (χ0n) is 18.4. The van der Waals surface area contributed by atoms with Crippen molar-refractivity contribution in [2.24, 2.45) is 5.73 Å². The largest absolute Gasteiger partial charge is 0.458 e. The second kappa shape index (κ2) is 11.5. The number of rotatable bonds is 10. The van der Waals surface area contributed by atoms with Gasteiger partial charge >= 0.3 is 12.1 Å². The Balaban J connectivity index is 2.51. The third kappa shape index (κ3) is 8.38. The number of carbonyl (C=O) groups is 3. The molecule has 1 unspecified atom stereocenters. The molecule has 0 fully saturated rings. The molecule has 0 heterocycles. The number of carbonyl (C=O) groups excluding carboxylic acids is 3. The van der Waals surface area contributed by atoms with E-state index in [1.165, 1.54) is 14.2 Å². The molecule has 30 heavy (non-hydrogen) atoms. The number of unbranched alkanes of at least 4 members (excludes halogenated alkanes) is 1. The highest BCUT2D eigenvalue weighted by molar-refractivity contribution is 6.06. The van der Waals surface area contributed by atoms with Gasteiger partial charge in [-0.3, -0.25) is 9.63 Å². The number of likely N-dealkylation sites (N-methyl/N-ethyl adjacent to an activating group) is 1. The average molecular weight is 424 g/mol. The number of hydroxylamine groups is 2. The van der Waals surface area contributed by atoms with E-state index in [0.717, 1.165) is 10.6 Å². The van der Waals surface area contributed by atoms with E-state index in [-0.39, 0.29) is 13.0 Å². The Morgan fingerprint density at radius 3 is 2.30 bits per heavy atom. The van der Waals surface area contributed by atoms with Gasteiger partial charge in [-0.15, -0.1) is 0 Å². The van der Waals surface area contributed by atoms with Crippen molar-refractivity contribution in [2.75, 3.05) is 20.7 Å². The standard InChI is InChI=1S/C21H33N3O6/c1-20(2,3)30-18(26)21(22,17(25)24(4)28-5)13-9-10-14-23-19(27)29-15-16-11-7-6-8-12-16/h6-8,11-12H,9-10,13-15,22H2,1-5H3,(H,23,27). The van der Waals surface area contributed by atoms with E-state index < -0.39 is 29.1 Å². The molecule has 0 aliphatic heterocycles. The number of nitrogens with zero attached hydrogens (tertiary/aromatic N) is 1. The molecule has 1 aromatic rings. The van der Waals surface area contributed by atoms with E-state index in [0.29, 0.717) is 19.4 Å². The summed E-state index contributed by atoms with van der Waals surface area (Å²) in [7, 11) is 2.68. The third-order valence-electron chi connectivity index (χ3n) is 4.18. The van der Waals surface area contributed by atoms with Crippen molar-refractivity contribution in [3.63, 3.8) is 0 Å². The summed E-state index contributed by atoms with van der Waals surface area (Å²) < 4.78 is 10.5. The fourth-order valence-electron chi connectivity index (χ4n) is 2.52. The van der Waals surface area contributed by atoms with Gasteiger partial charge in [0.15, 0.2) is 5.54 Å². The van der Waals surface area contributed by atoms with Crippen LogP contribution in [0.1, 0.15) is 45.6 Å². The van der Waals surface area contributed by atoms with E-state index >= 15 is 0 Å². The van der Waals surface area contributed by atoms with Crippen LogP contribution in [0, 0.1) is 0 Å². The van der Waals surface area contributed by atoms with Crippen molar-refractivity contribution < 1.29 is 28.7 Å². The van der Waals surface area contributed by atoms with Crippen LogP contribution in [0.25, 0.3) is 0 Å². The van der Waals surface area contributed by atoms with Gasteiger partial charge in [0.2, 0.25) is 0 Å². The summed E-state index contributed by atoms with van der Waals surface area (Å²) in [6, 6.07) is 9.33. The number of ether oxygens (including phenoxy) is 2. The summed E-state index contributed by atoms with van der Waals surface area (Å²) in [5, 5.41) is 3.54. The molecule has 0 spiro atoms. The molecule has 0 aromatic heterocycles. The minimum absolute atomic E-state index is 0.0369. The molecule has 0 saturated carbocycles. The van der Waals surface area contributed by atoms with Crippen molar-refractivity contribution in [1.82, 2.24) is 10.4 Å². The second-order valence-corrected chi connectivity index (χ2v) is 7.90. The molecule has 1 aromatic carbocycles. The van der Waals surface area contributed by atoms with E-state index in [1.54, 1.807) is 20.8 Å². The first kappa shape index (κ1) is 25.4. The van der Waals surface area contributed by atoms with Crippen molar-refractivity contribution in [2.45, 2.75) is 57.8 Å². The molecule has 2 amide bonds. The molecule has 3 N–H and O–H groups in total. The maximum Gasteiger partial charge on any atom is 0.407 e. The van der Waals surface area contributed by atoms with Crippen LogP contribution in [-0.2, 0) is 30.5 Å². The lowest BCUT2D eigenvalue weighted by Crippen LogP contribution is -2.61. The van der Waals surface area contributed by atoms with Crippen LogP contribution in [0.5, 0.6) is 0 Å². The van der Waals surface area contributed by atoms with E-state index in [2.05, 4.69) is 5.32 Å². The first-order valence-electron chi connectivity index (χ1n) is 9.79. The molecule has 0 radical (unpaired) electrons. The van der Waals surface area contributed by atoms with Crippen molar-refractivity contribution in [1.29, 1.82) is 0 Å². The van der Waals surface area contributed by atoms with Gasteiger partial charge in [0.1, 0.15) is 12.2 Å². The number of hydrogen-bond acceptors (Lipinski definition) is 7. The van der Waals surface area contributed by atoms with Gasteiger partial charge in [0.05, 0.1) is 7.11 Å². The number of esters is 1. The molecular weight excluding hydrogens is 390 g/mol. The molecule has 0 aliphatic rings. The van der Waals surface area contributed by atoms with Gasteiger partial charge in [-0.25, -0.2) is 14.7 Å². The smallest absolute Gasteiger partial charge is 0.407 e. The Hall–Kier alpha value is -2.65. The van der Waals surface area contributed by atoms with Gasteiger partial charge in [-0.05, 0) is 45.6 Å². The zero-order valence-corrected chi connectivity index (χ0v) is 18.4. The monoisotopic (exact) mass is 423 g/mol. The highest BCUT2D eigenvalue weighted by atomic mass is 16.7. The predicted molar refractivity (Wildman–Crippen MR) is 111 cm³/mol. The van der Waals surface area contributed by atoms with Crippen LogP contribution in [0.15, 0.2) is 30.3 Å². The summed E-state index contributed by atoms with van der Waals surface area (Å²) in [5.74, 6) is -1.52. The fraction of sp³-hybridized carbons (Fsp3) is 0.571. The summed E-state index contributed by atoms with van der Waals surface area (Å²) in [6.07, 6.45) is 0.388. The predicted octanol–water partition coefficient (Wildman–Crippen LogP) is 2.14. The maximum atomic E-state index is 12.6. The zero-order chi connectivity index (χ0) is 22.8. The minimum Gasteiger partial charge on any atom is -0.458 e. The van der Waals surface area contributed by atoms with Crippen LogP contribution in [0.3, 0.4) is 0 Å². The van der Waals surface area contributed by atoms with Gasteiger partial charge in [0.25, 0.3) is 5.91 Å². The molecule has 0 aliphatic carbocycles. The summed E-state index contributed by atoms with van der Waals surface area (Å²) >= 11 is 0. The molecule has 9 nitrogen and oxygen atoms in total. The highest BCUT2D eigenvalue weighted by Gasteiger charge is 2.46. The molecule has 9 heteroatoms. The molecule has 1 rings (SSSR count). The van der Waals surface area contributed by atoms with Crippen LogP contribution >= 0.6 is 0 Å². The lowest BCUT2D eigenvalue weighted by molar-refractivity contribution is -0.185. The number of amides is 2. The lowest BCUT2D eigenvalue weighted by Gasteiger charge is -2.32. The number of nitrogens with one attached hydrogen (secondary N) is 1. The Morgan fingerprint density at radius 2 is 1.73 bits per heavy atom. The Kier molecular flexibility index (Phi) is 9.74. The van der Waals surface area contributed by atoms with E-state index in [4.69, 9.17) is 20.0 Å². The Labute approximate surface area is 177 Å². The molecule has 0 saturated heterocycles. The number of nitrogens with two attached hydrogens (primary N) is 1. The SMILES string of the molecule is CON(C)C(=O)C(N)(CCCCNC(=O)OCc1ccccc1)C(=O)OC(C)(C)C. The normalized spacial score (nSPS) is 13.1.